The average Bonchev–Trinajstić information content (AvgIpc) is 3.15. The zero-order chi connectivity index (χ0) is 19.0. The number of fused-ring (bicyclic) bond motifs is 1. The molecular formula is C19H24N6OS. The molecule has 0 radical (unpaired) electrons. The minimum atomic E-state index is -0.271. The third-order valence-corrected chi connectivity index (χ3v) is 5.99. The van der Waals surface area contributed by atoms with Crippen molar-refractivity contribution in [3.8, 4) is 0 Å². The van der Waals surface area contributed by atoms with Crippen LogP contribution in [0.4, 0.5) is 5.95 Å². The van der Waals surface area contributed by atoms with Crippen molar-refractivity contribution in [2.75, 3.05) is 44.8 Å². The van der Waals surface area contributed by atoms with E-state index in [2.05, 4.69) is 57.9 Å². The number of allylic oxidation sites excluding steroid dienone is 1. The highest BCUT2D eigenvalue weighted by molar-refractivity contribution is 7.98. The lowest BCUT2D eigenvalue weighted by atomic mass is 9.94. The summed E-state index contributed by atoms with van der Waals surface area (Å²) < 4.78 is 1.81. The number of hydrogen-bond donors (Lipinski definition) is 1. The van der Waals surface area contributed by atoms with E-state index in [0.717, 1.165) is 43.0 Å². The van der Waals surface area contributed by atoms with Crippen LogP contribution in [0.15, 0.2) is 46.8 Å². The van der Waals surface area contributed by atoms with E-state index in [4.69, 9.17) is 0 Å². The fourth-order valence-electron chi connectivity index (χ4n) is 3.64. The number of rotatable bonds is 3. The third-order valence-electron chi connectivity index (χ3n) is 5.25. The number of hydrogen-bond acceptors (Lipinski definition) is 6. The van der Waals surface area contributed by atoms with Crippen LogP contribution in [0.1, 0.15) is 18.5 Å². The largest absolute Gasteiger partial charge is 0.336 e. The number of amides is 1. The monoisotopic (exact) mass is 384 g/mol. The Labute approximate surface area is 163 Å². The van der Waals surface area contributed by atoms with Gasteiger partial charge in [0.15, 0.2) is 0 Å². The molecule has 4 rings (SSSR count). The normalized spacial score (nSPS) is 20.4. The number of nitrogens with zero attached hydrogens (tertiary/aromatic N) is 5. The van der Waals surface area contributed by atoms with Gasteiger partial charge in [0.25, 0.3) is 5.91 Å². The highest BCUT2D eigenvalue weighted by Gasteiger charge is 2.36. The van der Waals surface area contributed by atoms with Gasteiger partial charge in [-0.2, -0.15) is 10.1 Å². The van der Waals surface area contributed by atoms with E-state index >= 15 is 0 Å². The number of thioether (sulfide) groups is 1. The molecule has 0 aliphatic carbocycles. The molecule has 1 aromatic heterocycles. The third kappa shape index (κ3) is 3.35. The van der Waals surface area contributed by atoms with Crippen LogP contribution in [0, 0.1) is 0 Å². The van der Waals surface area contributed by atoms with E-state index in [1.54, 1.807) is 11.8 Å². The summed E-state index contributed by atoms with van der Waals surface area (Å²) in [6.07, 6.45) is 3.59. The molecule has 0 bridgehead atoms. The van der Waals surface area contributed by atoms with Crippen molar-refractivity contribution in [1.82, 2.24) is 24.6 Å². The van der Waals surface area contributed by atoms with Crippen molar-refractivity contribution in [2.45, 2.75) is 17.9 Å². The fraction of sp³-hybridized carbons (Fsp3) is 0.421. The second kappa shape index (κ2) is 7.36. The zero-order valence-corrected chi connectivity index (χ0v) is 16.7. The van der Waals surface area contributed by atoms with Crippen molar-refractivity contribution in [1.29, 1.82) is 0 Å². The van der Waals surface area contributed by atoms with Crippen molar-refractivity contribution in [3.05, 3.63) is 47.4 Å². The van der Waals surface area contributed by atoms with E-state index in [-0.39, 0.29) is 11.9 Å². The average molecular weight is 385 g/mol. The van der Waals surface area contributed by atoms with Gasteiger partial charge in [-0.1, -0.05) is 12.1 Å². The maximum atomic E-state index is 13.5. The highest BCUT2D eigenvalue weighted by Crippen LogP contribution is 2.36. The van der Waals surface area contributed by atoms with Crippen molar-refractivity contribution >= 4 is 23.6 Å². The van der Waals surface area contributed by atoms with Gasteiger partial charge in [-0.25, -0.2) is 4.68 Å². The summed E-state index contributed by atoms with van der Waals surface area (Å²) in [4.78, 5) is 23.1. The summed E-state index contributed by atoms with van der Waals surface area (Å²) in [7, 11) is 2.09. The van der Waals surface area contributed by atoms with Crippen LogP contribution < -0.4 is 5.32 Å². The molecule has 0 spiro atoms. The number of carbonyl (C=O) groups is 1. The van der Waals surface area contributed by atoms with Gasteiger partial charge in [-0.05, 0) is 37.9 Å². The summed E-state index contributed by atoms with van der Waals surface area (Å²) in [6, 6.07) is 8.07. The number of likely N-dealkylation sites (N-methyl/N-ethyl adjacent to an activating group) is 1. The molecule has 3 heterocycles. The van der Waals surface area contributed by atoms with Crippen molar-refractivity contribution < 1.29 is 4.79 Å². The molecule has 0 saturated carbocycles. The summed E-state index contributed by atoms with van der Waals surface area (Å²) in [6.45, 7) is 5.23. The minimum Gasteiger partial charge on any atom is -0.336 e. The lowest BCUT2D eigenvalue weighted by Crippen LogP contribution is -2.49. The molecule has 8 heteroatoms. The Morgan fingerprint density at radius 2 is 1.89 bits per heavy atom. The maximum absolute atomic E-state index is 13.5. The molecule has 2 aliphatic rings. The second-order valence-corrected chi connectivity index (χ2v) is 7.84. The van der Waals surface area contributed by atoms with Crippen LogP contribution in [0.25, 0.3) is 0 Å². The highest BCUT2D eigenvalue weighted by atomic mass is 32.2. The lowest BCUT2D eigenvalue weighted by Gasteiger charge is -2.36. The topological polar surface area (TPSA) is 66.3 Å². The molecule has 1 amide bonds. The van der Waals surface area contributed by atoms with Gasteiger partial charge < -0.3 is 15.1 Å². The molecule has 2 aromatic rings. The predicted octanol–water partition coefficient (Wildman–Crippen LogP) is 2.06. The molecule has 0 unspecified atom stereocenters. The molecule has 142 valence electrons. The van der Waals surface area contributed by atoms with E-state index < -0.39 is 0 Å². The minimum absolute atomic E-state index is 0.0770. The van der Waals surface area contributed by atoms with Crippen molar-refractivity contribution in [2.24, 2.45) is 0 Å². The van der Waals surface area contributed by atoms with Crippen molar-refractivity contribution in [3.63, 3.8) is 0 Å². The number of carbonyl (C=O) groups excluding carboxylic acids is 1. The Morgan fingerprint density at radius 1 is 1.19 bits per heavy atom. The molecule has 7 nitrogen and oxygen atoms in total. The Hall–Kier alpha value is -2.32. The number of piperazine rings is 1. The first-order chi connectivity index (χ1) is 13.1. The van der Waals surface area contributed by atoms with Crippen LogP contribution in [0.3, 0.4) is 0 Å². The molecular weight excluding hydrogens is 360 g/mol. The number of anilines is 1. The zero-order valence-electron chi connectivity index (χ0n) is 15.8. The maximum Gasteiger partial charge on any atom is 0.254 e. The van der Waals surface area contributed by atoms with Gasteiger partial charge in [0.05, 0.1) is 5.57 Å². The summed E-state index contributed by atoms with van der Waals surface area (Å²) >= 11 is 1.70. The van der Waals surface area contributed by atoms with Crippen LogP contribution in [-0.2, 0) is 4.79 Å². The standard InChI is InChI=1S/C19H24N6OS/c1-13-16(18(26)24-10-8-23(2)9-11-24)17(25-19(22-13)20-12-21-25)14-4-6-15(27-3)7-5-14/h4-7,12,17H,8-11H2,1-3H3,(H,20,21,22)/t17-/m0/s1. The Balaban J connectivity index is 1.73. The second-order valence-electron chi connectivity index (χ2n) is 6.96. The molecule has 1 aromatic carbocycles. The Kier molecular flexibility index (Phi) is 4.92. The van der Waals surface area contributed by atoms with Crippen LogP contribution >= 0.6 is 11.8 Å². The Bertz CT molecular complexity index is 867. The predicted molar refractivity (Wildman–Crippen MR) is 107 cm³/mol. The summed E-state index contributed by atoms with van der Waals surface area (Å²) in [5, 5.41) is 7.65. The molecule has 1 atom stereocenters. The lowest BCUT2D eigenvalue weighted by molar-refractivity contribution is -0.129. The number of aromatic nitrogens is 3. The van der Waals surface area contributed by atoms with E-state index in [0.29, 0.717) is 5.95 Å². The van der Waals surface area contributed by atoms with Crippen LogP contribution in [-0.4, -0.2) is 70.0 Å². The van der Waals surface area contributed by atoms with Gasteiger partial charge in [-0.3, -0.25) is 4.79 Å². The van der Waals surface area contributed by atoms with Gasteiger partial charge in [0.1, 0.15) is 12.4 Å². The first-order valence-electron chi connectivity index (χ1n) is 9.07. The van der Waals surface area contributed by atoms with Gasteiger partial charge >= 0.3 is 0 Å². The smallest absolute Gasteiger partial charge is 0.254 e. The van der Waals surface area contributed by atoms with Gasteiger partial charge in [0.2, 0.25) is 5.95 Å². The van der Waals surface area contributed by atoms with Crippen LogP contribution in [0.2, 0.25) is 0 Å². The first kappa shape index (κ1) is 18.1. The quantitative estimate of drug-likeness (QED) is 0.817. The van der Waals surface area contributed by atoms with E-state index in [1.165, 1.54) is 11.2 Å². The molecule has 1 fully saturated rings. The van der Waals surface area contributed by atoms with Crippen LogP contribution in [0.5, 0.6) is 0 Å². The van der Waals surface area contributed by atoms with Gasteiger partial charge in [-0.15, -0.1) is 11.8 Å². The van der Waals surface area contributed by atoms with E-state index in [1.807, 2.05) is 16.5 Å². The van der Waals surface area contributed by atoms with E-state index in [9.17, 15) is 4.79 Å². The summed E-state index contributed by atoms with van der Waals surface area (Å²) in [5.41, 5.74) is 2.63. The SMILES string of the molecule is CSc1ccc([C@H]2C(C(=O)N3CCN(C)CC3)=C(C)Nc3ncnn32)cc1. The number of nitrogens with one attached hydrogen (secondary N) is 1. The molecule has 27 heavy (non-hydrogen) atoms. The number of benzene rings is 1. The molecule has 2 aliphatic heterocycles. The molecule has 1 saturated heterocycles. The molecule has 1 N–H and O–H groups in total. The van der Waals surface area contributed by atoms with Gasteiger partial charge in [0, 0.05) is 36.8 Å². The Morgan fingerprint density at radius 3 is 2.56 bits per heavy atom. The first-order valence-corrected chi connectivity index (χ1v) is 10.3. The summed E-state index contributed by atoms with van der Waals surface area (Å²) in [5.74, 6) is 0.745. The fourth-order valence-corrected chi connectivity index (χ4v) is 4.05.